The Kier molecular flexibility index (Phi) is 8.94. The molecule has 0 amide bonds. The molecule has 9 heteroatoms. The molecule has 166 valence electrons. The lowest BCUT2D eigenvalue weighted by atomic mass is 10.1. The van der Waals surface area contributed by atoms with E-state index in [0.29, 0.717) is 12.0 Å². The molecule has 2 N–H and O–H groups in total. The molecule has 2 aromatic rings. The Bertz CT molecular complexity index is 873. The molecule has 1 saturated heterocycles. The molecule has 2 aliphatic heterocycles. The predicted octanol–water partition coefficient (Wildman–Crippen LogP) is 4.94. The van der Waals surface area contributed by atoms with E-state index in [1.54, 1.807) is 18.4 Å². The number of nitrogens with one attached hydrogen (secondary N) is 2. The van der Waals surface area contributed by atoms with Crippen LogP contribution in [0.2, 0.25) is 0 Å². The number of rotatable bonds is 4. The van der Waals surface area contributed by atoms with Crippen LogP contribution in [0.5, 0.6) is 0 Å². The molecular formula is C21H31Cl2N5OS. The Labute approximate surface area is 195 Å². The summed E-state index contributed by atoms with van der Waals surface area (Å²) in [7, 11) is 1.78. The number of anilines is 2. The molecule has 1 aromatic carbocycles. The van der Waals surface area contributed by atoms with Crippen molar-refractivity contribution < 1.29 is 4.74 Å². The number of ether oxygens (including phenoxy) is 1. The highest BCUT2D eigenvalue weighted by atomic mass is 35.5. The summed E-state index contributed by atoms with van der Waals surface area (Å²) in [5.41, 5.74) is 2.98. The van der Waals surface area contributed by atoms with Crippen molar-refractivity contribution in [2.24, 2.45) is 4.99 Å². The van der Waals surface area contributed by atoms with Crippen molar-refractivity contribution >= 4 is 58.4 Å². The maximum absolute atomic E-state index is 5.48. The lowest BCUT2D eigenvalue weighted by molar-refractivity contribution is 0.0929. The highest BCUT2D eigenvalue weighted by molar-refractivity contribution is 7.16. The van der Waals surface area contributed by atoms with E-state index < -0.39 is 0 Å². The maximum atomic E-state index is 5.48. The zero-order valence-corrected chi connectivity index (χ0v) is 20.3. The average molecular weight is 472 g/mol. The summed E-state index contributed by atoms with van der Waals surface area (Å²) < 4.78 is 5.48. The van der Waals surface area contributed by atoms with Gasteiger partial charge in [0.25, 0.3) is 0 Å². The second-order valence-corrected chi connectivity index (χ2v) is 8.87. The second kappa shape index (κ2) is 10.8. The number of hydrogen-bond donors (Lipinski definition) is 2. The molecule has 1 fully saturated rings. The quantitative estimate of drug-likeness (QED) is 0.660. The van der Waals surface area contributed by atoms with Crippen LogP contribution in [0.15, 0.2) is 29.3 Å². The third-order valence-corrected chi connectivity index (χ3v) is 6.57. The smallest absolute Gasteiger partial charge is 0.158 e. The van der Waals surface area contributed by atoms with Crippen LogP contribution in [0.25, 0.3) is 0 Å². The number of piperazine rings is 1. The fourth-order valence-corrected chi connectivity index (χ4v) is 4.66. The predicted molar refractivity (Wildman–Crippen MR) is 131 cm³/mol. The van der Waals surface area contributed by atoms with Crippen molar-refractivity contribution in [2.75, 3.05) is 32.1 Å². The topological polar surface area (TPSA) is 61.8 Å². The van der Waals surface area contributed by atoms with Gasteiger partial charge in [0.15, 0.2) is 5.84 Å². The zero-order chi connectivity index (χ0) is 19.7. The lowest BCUT2D eigenvalue weighted by Crippen LogP contribution is -2.53. The summed E-state index contributed by atoms with van der Waals surface area (Å²) in [5, 5.41) is 9.44. The van der Waals surface area contributed by atoms with E-state index in [9.17, 15) is 0 Å². The van der Waals surface area contributed by atoms with Crippen LogP contribution in [0.3, 0.4) is 0 Å². The number of halogens is 2. The van der Waals surface area contributed by atoms with Crippen LogP contribution in [0.1, 0.15) is 43.8 Å². The second-order valence-electron chi connectivity index (χ2n) is 7.84. The number of para-hydroxylation sites is 2. The number of amidine groups is 1. The molecule has 6 nitrogen and oxygen atoms in total. The van der Waals surface area contributed by atoms with E-state index >= 15 is 0 Å². The Morgan fingerprint density at radius 3 is 2.73 bits per heavy atom. The van der Waals surface area contributed by atoms with Gasteiger partial charge in [0.05, 0.1) is 22.5 Å². The van der Waals surface area contributed by atoms with Crippen molar-refractivity contribution in [1.82, 2.24) is 15.2 Å². The molecule has 0 spiro atoms. The minimum atomic E-state index is 0. The molecule has 0 radical (unpaired) electrons. The molecule has 1 aromatic heterocycles. The number of methoxy groups -OCH3 is 1. The van der Waals surface area contributed by atoms with Crippen molar-refractivity contribution in [2.45, 2.75) is 45.3 Å². The summed E-state index contributed by atoms with van der Waals surface area (Å²) in [6.07, 6.45) is 1.22. The summed E-state index contributed by atoms with van der Waals surface area (Å²) in [5.74, 6) is 1.38. The van der Waals surface area contributed by atoms with E-state index in [4.69, 9.17) is 14.7 Å². The lowest BCUT2D eigenvalue weighted by Gasteiger charge is -2.36. The van der Waals surface area contributed by atoms with Crippen LogP contribution >= 0.6 is 36.2 Å². The van der Waals surface area contributed by atoms with Gasteiger partial charge in [0.2, 0.25) is 0 Å². The SMILES string of the molecule is CO[C@H](C)C[C@H]1CN(C2=Nc3ccccc3Nc3sc(C(C)C)nc32)CCN1.Cl.Cl. The normalized spacial score (nSPS) is 18.8. The van der Waals surface area contributed by atoms with Crippen LogP contribution in [0, 0.1) is 0 Å². The number of benzene rings is 1. The van der Waals surface area contributed by atoms with Crippen LogP contribution in [-0.2, 0) is 4.74 Å². The van der Waals surface area contributed by atoms with Crippen molar-refractivity contribution in [1.29, 1.82) is 0 Å². The minimum absolute atomic E-state index is 0. The van der Waals surface area contributed by atoms with Gasteiger partial charge in [-0.25, -0.2) is 9.98 Å². The van der Waals surface area contributed by atoms with Gasteiger partial charge in [0.1, 0.15) is 10.7 Å². The first-order valence-corrected chi connectivity index (χ1v) is 10.8. The fraction of sp³-hybridized carbons (Fsp3) is 0.524. The minimum Gasteiger partial charge on any atom is -0.382 e. The molecule has 2 aliphatic rings. The average Bonchev–Trinajstić information content (AvgIpc) is 3.04. The summed E-state index contributed by atoms with van der Waals surface area (Å²) in [6.45, 7) is 9.27. The molecule has 0 bridgehead atoms. The van der Waals surface area contributed by atoms with Gasteiger partial charge in [-0.1, -0.05) is 26.0 Å². The molecule has 0 saturated carbocycles. The zero-order valence-electron chi connectivity index (χ0n) is 17.8. The van der Waals surface area contributed by atoms with E-state index in [1.807, 2.05) is 12.1 Å². The fourth-order valence-electron chi connectivity index (χ4n) is 3.68. The molecular weight excluding hydrogens is 441 g/mol. The van der Waals surface area contributed by atoms with Crippen LogP contribution in [0.4, 0.5) is 16.4 Å². The summed E-state index contributed by atoms with van der Waals surface area (Å²) in [4.78, 5) is 12.5. The van der Waals surface area contributed by atoms with Gasteiger partial charge in [-0.3, -0.25) is 0 Å². The number of thiazole rings is 1. The summed E-state index contributed by atoms with van der Waals surface area (Å²) in [6, 6.07) is 8.61. The number of nitrogens with zero attached hydrogens (tertiary/aromatic N) is 3. The van der Waals surface area contributed by atoms with Crippen LogP contribution < -0.4 is 10.6 Å². The van der Waals surface area contributed by atoms with Crippen molar-refractivity contribution in [3.63, 3.8) is 0 Å². The molecule has 3 heterocycles. The Morgan fingerprint density at radius 1 is 1.23 bits per heavy atom. The number of hydrogen-bond acceptors (Lipinski definition) is 7. The van der Waals surface area contributed by atoms with Gasteiger partial charge < -0.3 is 20.3 Å². The van der Waals surface area contributed by atoms with Gasteiger partial charge in [-0.2, -0.15) is 0 Å². The Balaban J connectivity index is 0.00000160. The van der Waals surface area contributed by atoms with E-state index in [1.165, 1.54) is 0 Å². The third-order valence-electron chi connectivity index (χ3n) is 5.30. The monoisotopic (exact) mass is 471 g/mol. The van der Waals surface area contributed by atoms with E-state index in [2.05, 4.69) is 48.4 Å². The van der Waals surface area contributed by atoms with Gasteiger partial charge in [-0.05, 0) is 25.5 Å². The molecule has 4 rings (SSSR count). The third kappa shape index (κ3) is 5.26. The molecule has 0 unspecified atom stereocenters. The highest BCUT2D eigenvalue weighted by Gasteiger charge is 2.29. The van der Waals surface area contributed by atoms with Gasteiger partial charge >= 0.3 is 0 Å². The molecule has 2 atom stereocenters. The first-order valence-electron chi connectivity index (χ1n) is 10.0. The number of aliphatic imine (C=N–C) groups is 1. The largest absolute Gasteiger partial charge is 0.382 e. The van der Waals surface area contributed by atoms with E-state index in [-0.39, 0.29) is 30.9 Å². The standard InChI is InChI=1S/C21H29N5OS.2ClH/c1-13(2)20-25-18-19(26-10-9-22-15(12-26)11-14(3)27-4)23-16-7-5-6-8-17(16)24-21(18)28-20;;/h5-8,13-15,22,24H,9-12H2,1-4H3;2*1H/t14-,15+;;/m1../s1. The molecule has 30 heavy (non-hydrogen) atoms. The van der Waals surface area contributed by atoms with E-state index in [0.717, 1.165) is 59.0 Å². The highest BCUT2D eigenvalue weighted by Crippen LogP contribution is 2.39. The van der Waals surface area contributed by atoms with Crippen molar-refractivity contribution in [3.05, 3.63) is 35.0 Å². The first-order chi connectivity index (χ1) is 13.5. The summed E-state index contributed by atoms with van der Waals surface area (Å²) >= 11 is 1.74. The number of fused-ring (bicyclic) bond motifs is 2. The Hall–Kier alpha value is -1.38. The number of aromatic nitrogens is 1. The van der Waals surface area contributed by atoms with Crippen molar-refractivity contribution in [3.8, 4) is 0 Å². The van der Waals surface area contributed by atoms with Gasteiger partial charge in [-0.15, -0.1) is 36.2 Å². The molecule has 0 aliphatic carbocycles. The first kappa shape index (κ1) is 24.9. The van der Waals surface area contributed by atoms with Gasteiger partial charge in [0, 0.05) is 38.7 Å². The van der Waals surface area contributed by atoms with Crippen LogP contribution in [-0.4, -0.2) is 54.6 Å². The maximum Gasteiger partial charge on any atom is 0.158 e. The Morgan fingerprint density at radius 2 is 2.00 bits per heavy atom.